The highest BCUT2D eigenvalue weighted by Gasteiger charge is 2.29. The molecule has 3 heteroatoms. The molecule has 2 fully saturated rings. The maximum absolute atomic E-state index is 8.84. The Balaban J connectivity index is 1.83. The average Bonchev–Trinajstić information content (AvgIpc) is 2.67. The Morgan fingerprint density at radius 2 is 1.86 bits per heavy atom. The maximum Gasteiger partial charge on any atom is 0.0669 e. The third kappa shape index (κ3) is 2.08. The molecule has 3 nitrogen and oxygen atoms in total. The summed E-state index contributed by atoms with van der Waals surface area (Å²) in [5.74, 6) is 0.301. The third-order valence-corrected chi connectivity index (χ3v) is 3.61. The van der Waals surface area contributed by atoms with Crippen LogP contribution in [0, 0.1) is 17.2 Å². The van der Waals surface area contributed by atoms with Gasteiger partial charge in [-0.2, -0.15) is 5.26 Å². The molecule has 0 aromatic heterocycles. The molecule has 14 heavy (non-hydrogen) atoms. The molecule has 0 bridgehead atoms. The highest BCUT2D eigenvalue weighted by atomic mass is 15.2. The van der Waals surface area contributed by atoms with E-state index in [4.69, 9.17) is 5.26 Å². The lowest BCUT2D eigenvalue weighted by Gasteiger charge is -2.34. The van der Waals surface area contributed by atoms with Gasteiger partial charge in [0.15, 0.2) is 0 Å². The minimum Gasteiger partial charge on any atom is -0.306 e. The fraction of sp³-hybridized carbons (Fsp3) is 0.909. The molecule has 1 atom stereocenters. The van der Waals surface area contributed by atoms with E-state index in [1.165, 1.54) is 25.9 Å². The first-order valence-corrected chi connectivity index (χ1v) is 5.62. The second kappa shape index (κ2) is 4.29. The van der Waals surface area contributed by atoms with Crippen LogP contribution in [0.4, 0.5) is 0 Å². The van der Waals surface area contributed by atoms with E-state index in [1.807, 2.05) is 0 Å². The fourth-order valence-corrected chi connectivity index (χ4v) is 2.58. The Morgan fingerprint density at radius 3 is 2.43 bits per heavy atom. The van der Waals surface area contributed by atoms with Crippen LogP contribution in [0.25, 0.3) is 0 Å². The summed E-state index contributed by atoms with van der Waals surface area (Å²) in [6, 6.07) is 3.14. The van der Waals surface area contributed by atoms with Gasteiger partial charge in [-0.15, -0.1) is 0 Å². The maximum atomic E-state index is 8.84. The van der Waals surface area contributed by atoms with Gasteiger partial charge >= 0.3 is 0 Å². The Labute approximate surface area is 86.3 Å². The van der Waals surface area contributed by atoms with E-state index in [9.17, 15) is 0 Å². The van der Waals surface area contributed by atoms with Crippen LogP contribution in [0.3, 0.4) is 0 Å². The van der Waals surface area contributed by atoms with Gasteiger partial charge in [0, 0.05) is 12.6 Å². The van der Waals surface area contributed by atoms with Gasteiger partial charge in [0.1, 0.15) is 0 Å². The van der Waals surface area contributed by atoms with Crippen molar-refractivity contribution in [2.45, 2.75) is 25.3 Å². The number of nitrogens with zero attached hydrogens (tertiary/aromatic N) is 3. The first kappa shape index (κ1) is 9.95. The minimum absolute atomic E-state index is 0.301. The summed E-state index contributed by atoms with van der Waals surface area (Å²) in [5.41, 5.74) is 0. The smallest absolute Gasteiger partial charge is 0.0669 e. The van der Waals surface area contributed by atoms with E-state index in [-0.39, 0.29) is 0 Å². The van der Waals surface area contributed by atoms with Gasteiger partial charge in [-0.1, -0.05) is 0 Å². The zero-order chi connectivity index (χ0) is 9.97. The van der Waals surface area contributed by atoms with Crippen LogP contribution in [0.5, 0.6) is 0 Å². The molecule has 1 unspecified atom stereocenters. The summed E-state index contributed by atoms with van der Waals surface area (Å²) >= 11 is 0. The molecule has 0 aliphatic carbocycles. The molecule has 0 radical (unpaired) electrons. The number of hydrogen-bond donors (Lipinski definition) is 0. The second-order valence-corrected chi connectivity index (χ2v) is 4.64. The van der Waals surface area contributed by atoms with Crippen LogP contribution >= 0.6 is 0 Å². The summed E-state index contributed by atoms with van der Waals surface area (Å²) in [7, 11) is 2.19. The van der Waals surface area contributed by atoms with E-state index in [0.29, 0.717) is 5.92 Å². The van der Waals surface area contributed by atoms with Crippen LogP contribution in [-0.2, 0) is 0 Å². The minimum atomic E-state index is 0.301. The standard InChI is InChI=1S/C11H19N3/c1-13-5-3-11(4-6-13)14-7-2-10(8-12)9-14/h10-11H,2-7,9H2,1H3. The zero-order valence-electron chi connectivity index (χ0n) is 8.95. The van der Waals surface area contributed by atoms with Crippen LogP contribution < -0.4 is 0 Å². The quantitative estimate of drug-likeness (QED) is 0.620. The molecule has 0 amide bonds. The molecule has 2 aliphatic heterocycles. The van der Waals surface area contributed by atoms with Gasteiger partial charge in [-0.25, -0.2) is 0 Å². The summed E-state index contributed by atoms with van der Waals surface area (Å²) in [6.07, 6.45) is 3.66. The molecule has 2 heterocycles. The molecular formula is C11H19N3. The monoisotopic (exact) mass is 193 g/mol. The van der Waals surface area contributed by atoms with Crippen LogP contribution in [0.2, 0.25) is 0 Å². The summed E-state index contributed by atoms with van der Waals surface area (Å²) < 4.78 is 0. The van der Waals surface area contributed by atoms with E-state index in [0.717, 1.165) is 25.6 Å². The topological polar surface area (TPSA) is 30.3 Å². The molecule has 2 saturated heterocycles. The Morgan fingerprint density at radius 1 is 1.14 bits per heavy atom. The predicted molar refractivity (Wildman–Crippen MR) is 55.8 cm³/mol. The summed E-state index contributed by atoms with van der Waals surface area (Å²) in [6.45, 7) is 4.61. The van der Waals surface area contributed by atoms with Crippen molar-refractivity contribution in [3.63, 3.8) is 0 Å². The van der Waals surface area contributed by atoms with Gasteiger partial charge < -0.3 is 4.90 Å². The lowest BCUT2D eigenvalue weighted by Crippen LogP contribution is -2.42. The van der Waals surface area contributed by atoms with Gasteiger partial charge in [-0.05, 0) is 45.9 Å². The zero-order valence-corrected chi connectivity index (χ0v) is 8.95. The number of rotatable bonds is 1. The number of nitriles is 1. The number of piperidine rings is 1. The largest absolute Gasteiger partial charge is 0.306 e. The van der Waals surface area contributed by atoms with E-state index < -0.39 is 0 Å². The molecule has 0 N–H and O–H groups in total. The fourth-order valence-electron chi connectivity index (χ4n) is 2.58. The van der Waals surface area contributed by atoms with Gasteiger partial charge in [-0.3, -0.25) is 4.90 Å². The van der Waals surface area contributed by atoms with Crippen molar-refractivity contribution in [3.05, 3.63) is 0 Å². The lowest BCUT2D eigenvalue weighted by molar-refractivity contribution is 0.142. The highest BCUT2D eigenvalue weighted by Crippen LogP contribution is 2.23. The normalized spacial score (nSPS) is 31.9. The molecule has 0 spiro atoms. The Bertz CT molecular complexity index is 225. The van der Waals surface area contributed by atoms with Crippen LogP contribution in [0.1, 0.15) is 19.3 Å². The summed E-state index contributed by atoms with van der Waals surface area (Å²) in [5, 5.41) is 8.84. The van der Waals surface area contributed by atoms with Gasteiger partial charge in [0.2, 0.25) is 0 Å². The molecule has 2 aliphatic rings. The molecule has 0 aromatic carbocycles. The van der Waals surface area contributed by atoms with Gasteiger partial charge in [0.25, 0.3) is 0 Å². The van der Waals surface area contributed by atoms with E-state index in [2.05, 4.69) is 22.9 Å². The van der Waals surface area contributed by atoms with Crippen molar-refractivity contribution in [1.29, 1.82) is 5.26 Å². The third-order valence-electron chi connectivity index (χ3n) is 3.61. The van der Waals surface area contributed by atoms with E-state index >= 15 is 0 Å². The van der Waals surface area contributed by atoms with Crippen molar-refractivity contribution in [2.24, 2.45) is 5.92 Å². The summed E-state index contributed by atoms with van der Waals surface area (Å²) in [4.78, 5) is 4.93. The van der Waals surface area contributed by atoms with Crippen molar-refractivity contribution in [1.82, 2.24) is 9.80 Å². The molecular weight excluding hydrogens is 174 g/mol. The van der Waals surface area contributed by atoms with Crippen molar-refractivity contribution < 1.29 is 0 Å². The Kier molecular flexibility index (Phi) is 3.05. The van der Waals surface area contributed by atoms with E-state index in [1.54, 1.807) is 0 Å². The number of hydrogen-bond acceptors (Lipinski definition) is 3. The van der Waals surface area contributed by atoms with Crippen molar-refractivity contribution in [2.75, 3.05) is 33.2 Å². The SMILES string of the molecule is CN1CCC(N2CCC(C#N)C2)CC1. The molecule has 0 saturated carbocycles. The lowest BCUT2D eigenvalue weighted by atomic mass is 10.0. The molecule has 0 aromatic rings. The van der Waals surface area contributed by atoms with Crippen LogP contribution in [-0.4, -0.2) is 49.1 Å². The second-order valence-electron chi connectivity index (χ2n) is 4.64. The number of likely N-dealkylation sites (tertiary alicyclic amines) is 2. The van der Waals surface area contributed by atoms with Crippen LogP contribution in [0.15, 0.2) is 0 Å². The van der Waals surface area contributed by atoms with Crippen molar-refractivity contribution >= 4 is 0 Å². The Hall–Kier alpha value is -0.590. The van der Waals surface area contributed by atoms with Gasteiger partial charge in [0.05, 0.1) is 12.0 Å². The first-order valence-electron chi connectivity index (χ1n) is 5.62. The highest BCUT2D eigenvalue weighted by molar-refractivity contribution is 4.93. The predicted octanol–water partition coefficient (Wildman–Crippen LogP) is 0.926. The first-order chi connectivity index (χ1) is 6.79. The molecule has 78 valence electrons. The molecule has 2 rings (SSSR count). The average molecular weight is 193 g/mol. The van der Waals surface area contributed by atoms with Crippen molar-refractivity contribution in [3.8, 4) is 6.07 Å².